The summed E-state index contributed by atoms with van der Waals surface area (Å²) in [7, 11) is 7.85. The second kappa shape index (κ2) is 26.8. The molecular weight excluding hydrogens is 688 g/mol. The van der Waals surface area contributed by atoms with E-state index in [9.17, 15) is 14.8 Å². The first-order valence-corrected chi connectivity index (χ1v) is 14.8. The van der Waals surface area contributed by atoms with Crippen LogP contribution in [0.4, 0.5) is 11.4 Å². The Balaban J connectivity index is 0.000000806. The molecule has 0 saturated carbocycles. The third-order valence-corrected chi connectivity index (χ3v) is 6.28. The smallest absolute Gasteiger partial charge is 0.691 e. The average Bonchev–Trinajstić information content (AvgIpc) is 3.18. The molecule has 0 N–H and O–H groups in total. The molecule has 16 heteroatoms. The predicted octanol–water partition coefficient (Wildman–Crippen LogP) is 4.02. The Bertz CT molecular complexity index is 1920. The van der Waals surface area contributed by atoms with Crippen molar-refractivity contribution in [1.29, 1.82) is 10.5 Å². The summed E-state index contributed by atoms with van der Waals surface area (Å²) >= 11 is 3.19. The van der Waals surface area contributed by atoms with Crippen LogP contribution in [0.3, 0.4) is 0 Å². The summed E-state index contributed by atoms with van der Waals surface area (Å²) in [6.45, 7) is 14.8. The second-order valence-electron chi connectivity index (χ2n) is 9.63. The van der Waals surface area contributed by atoms with Crippen molar-refractivity contribution < 1.29 is 44.0 Å². The molecule has 0 bridgehead atoms. The summed E-state index contributed by atoms with van der Waals surface area (Å²) in [5, 5.41) is 31.0. The summed E-state index contributed by atoms with van der Waals surface area (Å²) in [6.07, 6.45) is 0. The number of amides is 2. The molecule has 2 amide bonds. The van der Waals surface area contributed by atoms with Crippen LogP contribution in [0.15, 0.2) is 124 Å². The Hall–Kier alpha value is -6.07. The van der Waals surface area contributed by atoms with Gasteiger partial charge in [0.2, 0.25) is 0 Å². The second-order valence-corrected chi connectivity index (χ2v) is 9.86. The van der Waals surface area contributed by atoms with Crippen molar-refractivity contribution in [2.24, 2.45) is 14.6 Å². The molecule has 253 valence electrons. The zero-order valence-electron chi connectivity index (χ0n) is 28.8. The van der Waals surface area contributed by atoms with Crippen molar-refractivity contribution in [3.05, 3.63) is 159 Å². The molecule has 4 aromatic carbocycles. The molecule has 1 radical (unpaired) electrons. The standard InChI is InChI=1S/C18H14N4O2.C15H15NO.C3HN3O.BHNS.Na/c1-20-17(12-19)21-24-13-14-8-10-15(11-9-14)18(23)22(2)16-6-4-3-5-7-16;1-12-8-10-13(11-9-12)15(17)16(2)14-6-4-3-5-7-14;1-5-3(2-4)6-7;1-2-3;/h3-11H,13H2,2H3;3-11H,1-2H3;7H;3H;/q;;;;+1/p-1/b21-17-;;6-3+;;. The van der Waals surface area contributed by atoms with E-state index in [1.165, 1.54) is 6.07 Å². The number of aryl methyl sites for hydroxylation is 1. The Kier molecular flexibility index (Phi) is 23.6. The van der Waals surface area contributed by atoms with Crippen LogP contribution in [-0.4, -0.2) is 45.2 Å². The molecule has 0 spiro atoms. The quantitative estimate of drug-likeness (QED) is 0.0757. The summed E-state index contributed by atoms with van der Waals surface area (Å²) in [6, 6.07) is 36.4. The van der Waals surface area contributed by atoms with Gasteiger partial charge in [-0.05, 0) is 61.0 Å². The minimum absolute atomic E-state index is 0. The first-order chi connectivity index (χ1) is 24.6. The number of thiol groups is 1. The number of para-hydroxylation sites is 2. The average molecular weight is 719 g/mol. The van der Waals surface area contributed by atoms with Gasteiger partial charge in [-0.2, -0.15) is 0 Å². The fourth-order valence-corrected chi connectivity index (χ4v) is 3.66. The molecule has 0 atom stereocenters. The number of anilines is 2. The van der Waals surface area contributed by atoms with E-state index in [1.807, 2.05) is 91.9 Å². The third kappa shape index (κ3) is 16.6. The molecule has 0 aliphatic heterocycles. The topological polar surface area (TPSA) is 166 Å². The van der Waals surface area contributed by atoms with E-state index in [2.05, 4.69) is 44.8 Å². The molecule has 0 aliphatic carbocycles. The largest absolute Gasteiger partial charge is 1.00 e. The summed E-state index contributed by atoms with van der Waals surface area (Å²) in [5.74, 6) is -1.12. The Labute approximate surface area is 331 Å². The van der Waals surface area contributed by atoms with Crippen LogP contribution in [0.1, 0.15) is 31.8 Å². The SMILES string of the molecule is Cc1ccc(C(=O)N(C)c2ccccc2)cc1.[B]=NS.[C-]#[N+]/C(C#N)=N/[O-].[C-]#[N+]/C(C#N)=N\OCc1ccc(C(=O)N(C)c2ccccc2)cc1.[Na+]. The molecule has 4 aromatic rings. The number of hydrogen-bond donors (Lipinski definition) is 1. The zero-order valence-corrected chi connectivity index (χ0v) is 31.7. The Morgan fingerprint density at radius 1 is 0.788 bits per heavy atom. The van der Waals surface area contributed by atoms with Gasteiger partial charge < -0.3 is 29.5 Å². The number of oxime groups is 1. The van der Waals surface area contributed by atoms with Gasteiger partial charge in [0.25, 0.3) is 11.8 Å². The molecule has 0 aromatic heterocycles. The number of amidine groups is 2. The van der Waals surface area contributed by atoms with Crippen molar-refractivity contribution in [1.82, 2.24) is 0 Å². The summed E-state index contributed by atoms with van der Waals surface area (Å²) in [5.41, 5.74) is 4.91. The molecule has 0 heterocycles. The first kappa shape index (κ1) is 45.9. The van der Waals surface area contributed by atoms with Gasteiger partial charge in [-0.1, -0.05) is 79.4 Å². The number of rotatable bonds is 7. The van der Waals surface area contributed by atoms with Crippen LogP contribution in [0.25, 0.3) is 9.69 Å². The first-order valence-electron chi connectivity index (χ1n) is 14.4. The van der Waals surface area contributed by atoms with Crippen LogP contribution in [0, 0.1) is 47.9 Å². The van der Waals surface area contributed by atoms with Gasteiger partial charge in [0, 0.05) is 36.6 Å². The number of benzene rings is 4. The summed E-state index contributed by atoms with van der Waals surface area (Å²) < 4.78 is 2.69. The number of carbonyl (C=O) groups excluding carboxylic acids is 2. The fourth-order valence-electron chi connectivity index (χ4n) is 3.66. The number of nitriles is 2. The molecule has 13 nitrogen and oxygen atoms in total. The van der Waals surface area contributed by atoms with Crippen LogP contribution >= 0.6 is 12.8 Å². The number of nitrogens with zero attached hydrogens (tertiary/aromatic N) is 9. The van der Waals surface area contributed by atoms with Crippen molar-refractivity contribution in [3.8, 4) is 12.1 Å². The molecule has 4 rings (SSSR count). The van der Waals surface area contributed by atoms with E-state index in [0.717, 1.165) is 22.5 Å². The Morgan fingerprint density at radius 2 is 1.17 bits per heavy atom. The van der Waals surface area contributed by atoms with Gasteiger partial charge in [-0.3, -0.25) is 9.59 Å². The number of carbonyl (C=O) groups is 2. The van der Waals surface area contributed by atoms with Gasteiger partial charge in [-0.25, -0.2) is 10.5 Å². The maximum atomic E-state index is 12.4. The van der Waals surface area contributed by atoms with Crippen LogP contribution in [0.2, 0.25) is 0 Å². The maximum absolute atomic E-state index is 12.4. The molecular formula is C36H30BN9NaO4S. The molecule has 0 aliphatic rings. The van der Waals surface area contributed by atoms with Crippen molar-refractivity contribution in [3.63, 3.8) is 0 Å². The van der Waals surface area contributed by atoms with Crippen molar-refractivity contribution in [2.75, 3.05) is 23.9 Å². The maximum Gasteiger partial charge on any atom is 1.00 e. The van der Waals surface area contributed by atoms with E-state index in [1.54, 1.807) is 54.2 Å². The van der Waals surface area contributed by atoms with Crippen LogP contribution < -0.4 is 39.4 Å². The van der Waals surface area contributed by atoms with Gasteiger partial charge >= 0.3 is 66.0 Å². The minimum atomic E-state index is -0.653. The van der Waals surface area contributed by atoms with Crippen molar-refractivity contribution in [2.45, 2.75) is 13.5 Å². The van der Waals surface area contributed by atoms with E-state index < -0.39 is 5.84 Å². The van der Waals surface area contributed by atoms with Gasteiger partial charge in [0.05, 0.1) is 5.16 Å². The molecule has 52 heavy (non-hydrogen) atoms. The third-order valence-electron chi connectivity index (χ3n) is 6.28. The van der Waals surface area contributed by atoms with Gasteiger partial charge in [-0.15, -0.1) is 5.16 Å². The van der Waals surface area contributed by atoms with E-state index in [0.29, 0.717) is 11.1 Å². The monoisotopic (exact) mass is 718 g/mol. The van der Waals surface area contributed by atoms with Gasteiger partial charge in [0.1, 0.15) is 12.1 Å². The fraction of sp³-hybridized carbons (Fsp3) is 0.111. The van der Waals surface area contributed by atoms with E-state index in [4.69, 9.17) is 28.5 Å². The van der Waals surface area contributed by atoms with Crippen LogP contribution in [-0.2, 0) is 11.4 Å². The van der Waals surface area contributed by atoms with Crippen molar-refractivity contribution >= 4 is 55.3 Å². The van der Waals surface area contributed by atoms with Gasteiger partial charge in [0.15, 0.2) is 6.61 Å². The summed E-state index contributed by atoms with van der Waals surface area (Å²) in [4.78, 5) is 38.1. The normalized spacial score (nSPS) is 9.52. The van der Waals surface area contributed by atoms with E-state index in [-0.39, 0.29) is 53.8 Å². The molecule has 0 saturated heterocycles. The number of hydrogen-bond acceptors (Lipinski definition) is 10. The van der Waals surface area contributed by atoms with Crippen LogP contribution in [0.5, 0.6) is 0 Å². The Morgan fingerprint density at radius 3 is 1.50 bits per heavy atom. The minimum Gasteiger partial charge on any atom is -0.691 e. The zero-order chi connectivity index (χ0) is 38.0. The molecule has 0 fully saturated rings. The van der Waals surface area contributed by atoms with E-state index >= 15 is 0 Å². The molecule has 0 unspecified atom stereocenters. The predicted molar refractivity (Wildman–Crippen MR) is 201 cm³/mol.